The van der Waals surface area contributed by atoms with Gasteiger partial charge in [0.05, 0.1) is 11.6 Å². The fraction of sp³-hybridized carbons (Fsp3) is 0.588. The Bertz CT molecular complexity index is 529. The average molecular weight is 387 g/mol. The van der Waals surface area contributed by atoms with Crippen LogP contribution in [0.1, 0.15) is 46.2 Å². The number of hydrogen-bond donors (Lipinski definition) is 2. The van der Waals surface area contributed by atoms with Crippen molar-refractivity contribution < 1.29 is 14.3 Å². The third kappa shape index (κ3) is 7.22. The number of carbonyl (C=O) groups is 1. The van der Waals surface area contributed by atoms with Gasteiger partial charge in [-0.25, -0.2) is 4.79 Å². The van der Waals surface area contributed by atoms with Crippen LogP contribution in [0.25, 0.3) is 0 Å². The van der Waals surface area contributed by atoms with Crippen LogP contribution < -0.4 is 15.4 Å². The lowest BCUT2D eigenvalue weighted by molar-refractivity contribution is 0.0507. The molecule has 0 saturated heterocycles. The summed E-state index contributed by atoms with van der Waals surface area (Å²) in [7, 11) is 1.64. The van der Waals surface area contributed by atoms with Crippen molar-refractivity contribution >= 4 is 22.0 Å². The van der Waals surface area contributed by atoms with Crippen molar-refractivity contribution in [3.63, 3.8) is 0 Å². The summed E-state index contributed by atoms with van der Waals surface area (Å²) in [5, 5.41) is 6.22. The summed E-state index contributed by atoms with van der Waals surface area (Å²) in [4.78, 5) is 11.7. The number of ether oxygens (including phenoxy) is 2. The summed E-state index contributed by atoms with van der Waals surface area (Å²) in [5.41, 5.74) is 0.655. The van der Waals surface area contributed by atoms with Crippen LogP contribution in [0.3, 0.4) is 0 Å². The number of benzene rings is 1. The lowest BCUT2D eigenvalue weighted by Gasteiger charge is -2.23. The van der Waals surface area contributed by atoms with E-state index < -0.39 is 11.7 Å². The molecule has 5 nitrogen and oxygen atoms in total. The first-order chi connectivity index (χ1) is 10.6. The van der Waals surface area contributed by atoms with Crippen LogP contribution in [-0.2, 0) is 4.74 Å². The van der Waals surface area contributed by atoms with Crippen LogP contribution in [0, 0.1) is 0 Å². The highest BCUT2D eigenvalue weighted by Gasteiger charge is 2.18. The van der Waals surface area contributed by atoms with Crippen molar-refractivity contribution in [2.75, 3.05) is 13.7 Å². The van der Waals surface area contributed by atoms with Gasteiger partial charge in [-0.15, -0.1) is 0 Å². The molecule has 0 radical (unpaired) electrons. The largest absolute Gasteiger partial charge is 0.496 e. The number of amides is 1. The second-order valence-electron chi connectivity index (χ2n) is 6.57. The van der Waals surface area contributed by atoms with Gasteiger partial charge >= 0.3 is 6.09 Å². The predicted octanol–water partition coefficient (Wildman–Crippen LogP) is 4.02. The summed E-state index contributed by atoms with van der Waals surface area (Å²) in [6.45, 7) is 10.2. The van der Waals surface area contributed by atoms with Crippen molar-refractivity contribution in [1.29, 1.82) is 0 Å². The predicted molar refractivity (Wildman–Crippen MR) is 95.9 cm³/mol. The van der Waals surface area contributed by atoms with Gasteiger partial charge in [0.15, 0.2) is 0 Å². The van der Waals surface area contributed by atoms with E-state index in [1.54, 1.807) is 7.11 Å². The smallest absolute Gasteiger partial charge is 0.407 e. The summed E-state index contributed by atoms with van der Waals surface area (Å²) in [6, 6.07) is 6.10. The number of methoxy groups -OCH3 is 1. The standard InChI is InChI=1S/C17H27BrN2O3/c1-11(20-16(21)23-17(3,4)5)10-19-12(2)13-7-8-15(22-6)14(18)9-13/h7-9,11-12,19H,10H2,1-6H3,(H,20,21). The van der Waals surface area contributed by atoms with Gasteiger partial charge in [0.2, 0.25) is 0 Å². The Morgan fingerprint density at radius 3 is 2.48 bits per heavy atom. The highest BCUT2D eigenvalue weighted by atomic mass is 79.9. The van der Waals surface area contributed by atoms with Crippen LogP contribution >= 0.6 is 15.9 Å². The Kier molecular flexibility index (Phi) is 7.35. The summed E-state index contributed by atoms with van der Waals surface area (Å²) < 4.78 is 11.4. The molecule has 1 amide bonds. The van der Waals surface area contributed by atoms with Gasteiger partial charge in [-0.3, -0.25) is 0 Å². The maximum Gasteiger partial charge on any atom is 0.407 e. The first-order valence-corrected chi connectivity index (χ1v) is 8.48. The number of rotatable bonds is 6. The van der Waals surface area contributed by atoms with Gasteiger partial charge in [-0.1, -0.05) is 6.07 Å². The van der Waals surface area contributed by atoms with E-state index in [2.05, 4.69) is 33.5 Å². The van der Waals surface area contributed by atoms with E-state index in [0.29, 0.717) is 6.54 Å². The van der Waals surface area contributed by atoms with E-state index >= 15 is 0 Å². The summed E-state index contributed by atoms with van der Waals surface area (Å²) in [5.74, 6) is 0.806. The third-order valence-electron chi connectivity index (χ3n) is 3.17. The topological polar surface area (TPSA) is 59.6 Å². The zero-order valence-corrected chi connectivity index (χ0v) is 16.3. The zero-order chi connectivity index (χ0) is 17.6. The molecule has 2 N–H and O–H groups in total. The second kappa shape index (κ2) is 8.55. The van der Waals surface area contributed by atoms with Gasteiger partial charge in [0, 0.05) is 18.6 Å². The van der Waals surface area contributed by atoms with Crippen molar-refractivity contribution in [1.82, 2.24) is 10.6 Å². The van der Waals surface area contributed by atoms with E-state index in [9.17, 15) is 4.79 Å². The minimum Gasteiger partial charge on any atom is -0.496 e. The lowest BCUT2D eigenvalue weighted by atomic mass is 10.1. The van der Waals surface area contributed by atoms with Crippen molar-refractivity contribution in [2.24, 2.45) is 0 Å². The Morgan fingerprint density at radius 2 is 1.96 bits per heavy atom. The van der Waals surface area contributed by atoms with Crippen LogP contribution in [0.15, 0.2) is 22.7 Å². The molecule has 0 aromatic heterocycles. The van der Waals surface area contributed by atoms with Crippen molar-refractivity contribution in [2.45, 2.75) is 52.3 Å². The molecule has 0 spiro atoms. The quantitative estimate of drug-likeness (QED) is 0.774. The molecule has 0 aliphatic carbocycles. The Balaban J connectivity index is 2.47. The van der Waals surface area contributed by atoms with Crippen LogP contribution in [0.5, 0.6) is 5.75 Å². The molecule has 0 aliphatic rings. The summed E-state index contributed by atoms with van der Waals surface area (Å²) >= 11 is 3.49. The lowest BCUT2D eigenvalue weighted by Crippen LogP contribution is -2.43. The molecule has 2 atom stereocenters. The maximum atomic E-state index is 11.7. The number of carbonyl (C=O) groups excluding carboxylic acids is 1. The van der Waals surface area contributed by atoms with Gasteiger partial charge in [0.1, 0.15) is 11.4 Å². The molecular formula is C17H27BrN2O3. The molecule has 23 heavy (non-hydrogen) atoms. The molecule has 0 fully saturated rings. The molecule has 0 aliphatic heterocycles. The van der Waals surface area contributed by atoms with Crippen LogP contribution in [0.2, 0.25) is 0 Å². The molecule has 130 valence electrons. The molecule has 0 saturated carbocycles. The normalized spacial score (nSPS) is 14.0. The van der Waals surface area contributed by atoms with Gasteiger partial charge in [0.25, 0.3) is 0 Å². The Morgan fingerprint density at radius 1 is 1.30 bits per heavy atom. The van der Waals surface area contributed by atoms with Crippen LogP contribution in [-0.4, -0.2) is 31.4 Å². The maximum absolute atomic E-state index is 11.7. The van der Waals surface area contributed by atoms with Gasteiger partial charge in [-0.2, -0.15) is 0 Å². The molecule has 1 rings (SSSR count). The molecule has 2 unspecified atom stereocenters. The molecule has 0 bridgehead atoms. The first-order valence-electron chi connectivity index (χ1n) is 7.68. The van der Waals surface area contributed by atoms with E-state index in [-0.39, 0.29) is 12.1 Å². The van der Waals surface area contributed by atoms with E-state index in [0.717, 1.165) is 15.8 Å². The molecule has 0 heterocycles. The van der Waals surface area contributed by atoms with E-state index in [1.165, 1.54) is 0 Å². The van der Waals surface area contributed by atoms with Crippen molar-refractivity contribution in [3.8, 4) is 5.75 Å². The molecule has 1 aromatic carbocycles. The van der Waals surface area contributed by atoms with E-state index in [4.69, 9.17) is 9.47 Å². The number of halogens is 1. The number of alkyl carbamates (subject to hydrolysis) is 1. The number of hydrogen-bond acceptors (Lipinski definition) is 4. The Hall–Kier alpha value is -1.27. The van der Waals surface area contributed by atoms with Gasteiger partial charge in [-0.05, 0) is 68.2 Å². The van der Waals surface area contributed by atoms with Gasteiger partial charge < -0.3 is 20.1 Å². The minimum atomic E-state index is -0.486. The van der Waals surface area contributed by atoms with E-state index in [1.807, 2.05) is 45.9 Å². The highest BCUT2D eigenvalue weighted by molar-refractivity contribution is 9.10. The number of nitrogens with one attached hydrogen (secondary N) is 2. The fourth-order valence-corrected chi connectivity index (χ4v) is 2.54. The van der Waals surface area contributed by atoms with Crippen LogP contribution in [0.4, 0.5) is 4.79 Å². The monoisotopic (exact) mass is 386 g/mol. The first kappa shape index (κ1) is 19.8. The zero-order valence-electron chi connectivity index (χ0n) is 14.7. The highest BCUT2D eigenvalue weighted by Crippen LogP contribution is 2.27. The summed E-state index contributed by atoms with van der Waals surface area (Å²) in [6.07, 6.45) is -0.397. The Labute approximate surface area is 147 Å². The molecule has 1 aromatic rings. The minimum absolute atomic E-state index is 0.0333. The van der Waals surface area contributed by atoms with Crippen molar-refractivity contribution in [3.05, 3.63) is 28.2 Å². The fourth-order valence-electron chi connectivity index (χ4n) is 1.98. The molecule has 6 heteroatoms. The third-order valence-corrected chi connectivity index (χ3v) is 3.79. The molecular weight excluding hydrogens is 360 g/mol. The second-order valence-corrected chi connectivity index (χ2v) is 7.43. The average Bonchev–Trinajstić information content (AvgIpc) is 2.42. The SMILES string of the molecule is COc1ccc(C(C)NCC(C)NC(=O)OC(C)(C)C)cc1Br.